The van der Waals surface area contributed by atoms with E-state index in [1.807, 2.05) is 18.2 Å². The molecular weight excluding hydrogens is 372 g/mol. The zero-order valence-electron chi connectivity index (χ0n) is 17.5. The van der Waals surface area contributed by atoms with Gasteiger partial charge >= 0.3 is 6.09 Å². The number of aryl methyl sites for hydroxylation is 1. The largest absolute Gasteiger partial charge is 0.489 e. The lowest BCUT2D eigenvalue weighted by Gasteiger charge is -2.20. The molecule has 0 aliphatic rings. The first kappa shape index (κ1) is 22.2. The lowest BCUT2D eigenvalue weighted by Crippen LogP contribution is -2.19. The standard InChI is InChI=1S/C22H28N2O5/c1-14(2)17-7-6-8-18(15(3)4)21(17)28-11-12-29-22(25)23-19-10-9-16(5)13-20(19)24(26)27/h6-10,13-15H,11-12H2,1-5H3,(H,23,25). The van der Waals surface area contributed by atoms with Crippen LogP contribution in [0.1, 0.15) is 56.2 Å². The summed E-state index contributed by atoms with van der Waals surface area (Å²) < 4.78 is 11.1. The lowest BCUT2D eigenvalue weighted by atomic mass is 9.94. The first-order valence-corrected chi connectivity index (χ1v) is 9.65. The third-order valence-electron chi connectivity index (χ3n) is 4.47. The summed E-state index contributed by atoms with van der Waals surface area (Å²) in [5.74, 6) is 1.43. The Morgan fingerprint density at radius 1 is 1.07 bits per heavy atom. The molecule has 156 valence electrons. The second-order valence-electron chi connectivity index (χ2n) is 7.46. The summed E-state index contributed by atoms with van der Waals surface area (Å²) in [5, 5.41) is 13.6. The second kappa shape index (κ2) is 9.91. The van der Waals surface area contributed by atoms with Gasteiger partial charge in [-0.15, -0.1) is 0 Å². The zero-order chi connectivity index (χ0) is 21.6. The highest BCUT2D eigenvalue weighted by atomic mass is 16.6. The molecule has 0 fully saturated rings. The van der Waals surface area contributed by atoms with Crippen molar-refractivity contribution in [1.29, 1.82) is 0 Å². The van der Waals surface area contributed by atoms with Gasteiger partial charge in [0.05, 0.1) is 4.92 Å². The van der Waals surface area contributed by atoms with E-state index in [1.54, 1.807) is 13.0 Å². The number of ether oxygens (including phenoxy) is 2. The molecule has 1 amide bonds. The number of hydrogen-bond acceptors (Lipinski definition) is 5. The molecular formula is C22H28N2O5. The van der Waals surface area contributed by atoms with E-state index < -0.39 is 11.0 Å². The van der Waals surface area contributed by atoms with E-state index in [0.29, 0.717) is 11.8 Å². The van der Waals surface area contributed by atoms with Crippen molar-refractivity contribution in [2.45, 2.75) is 46.5 Å². The molecule has 0 radical (unpaired) electrons. The van der Waals surface area contributed by atoms with Gasteiger partial charge in [0.2, 0.25) is 0 Å². The molecule has 0 aliphatic carbocycles. The second-order valence-corrected chi connectivity index (χ2v) is 7.46. The molecule has 0 unspecified atom stereocenters. The van der Waals surface area contributed by atoms with Crippen LogP contribution >= 0.6 is 0 Å². The highest BCUT2D eigenvalue weighted by Gasteiger charge is 2.17. The molecule has 0 heterocycles. The Bertz CT molecular complexity index is 851. The fourth-order valence-corrected chi connectivity index (χ4v) is 2.97. The smallest absolute Gasteiger partial charge is 0.411 e. The molecule has 2 aromatic rings. The van der Waals surface area contributed by atoms with E-state index >= 15 is 0 Å². The molecule has 29 heavy (non-hydrogen) atoms. The number of amides is 1. The van der Waals surface area contributed by atoms with Gasteiger partial charge in [-0.05, 0) is 41.5 Å². The van der Waals surface area contributed by atoms with Crippen molar-refractivity contribution in [2.75, 3.05) is 18.5 Å². The minimum atomic E-state index is -0.762. The van der Waals surface area contributed by atoms with Crippen molar-refractivity contribution < 1.29 is 19.2 Å². The lowest BCUT2D eigenvalue weighted by molar-refractivity contribution is -0.384. The fraction of sp³-hybridized carbons (Fsp3) is 0.409. The molecule has 0 atom stereocenters. The number of nitrogens with zero attached hydrogens (tertiary/aromatic N) is 1. The number of carbonyl (C=O) groups is 1. The van der Waals surface area contributed by atoms with Crippen molar-refractivity contribution in [2.24, 2.45) is 0 Å². The number of para-hydroxylation sites is 1. The maximum atomic E-state index is 12.0. The van der Waals surface area contributed by atoms with E-state index in [-0.39, 0.29) is 24.6 Å². The van der Waals surface area contributed by atoms with Gasteiger partial charge in [0.25, 0.3) is 5.69 Å². The van der Waals surface area contributed by atoms with Crippen molar-refractivity contribution in [3.8, 4) is 5.75 Å². The Morgan fingerprint density at radius 3 is 2.24 bits per heavy atom. The highest BCUT2D eigenvalue weighted by Crippen LogP contribution is 2.34. The van der Waals surface area contributed by atoms with E-state index in [2.05, 4.69) is 33.0 Å². The van der Waals surface area contributed by atoms with Crippen LogP contribution in [0, 0.1) is 17.0 Å². The molecule has 0 bridgehead atoms. The van der Waals surface area contributed by atoms with Gasteiger partial charge < -0.3 is 9.47 Å². The number of anilines is 1. The van der Waals surface area contributed by atoms with E-state index in [9.17, 15) is 14.9 Å². The molecule has 7 heteroatoms. The molecule has 7 nitrogen and oxygen atoms in total. The summed E-state index contributed by atoms with van der Waals surface area (Å²) in [6.45, 7) is 10.4. The summed E-state index contributed by atoms with van der Waals surface area (Å²) in [7, 11) is 0. The Kier molecular flexibility index (Phi) is 7.59. The number of nitro groups is 1. The average Bonchev–Trinajstić information content (AvgIpc) is 2.66. The number of rotatable bonds is 8. The molecule has 0 saturated carbocycles. The van der Waals surface area contributed by atoms with Gasteiger partial charge in [0.15, 0.2) is 0 Å². The highest BCUT2D eigenvalue weighted by molar-refractivity contribution is 5.87. The molecule has 2 aromatic carbocycles. The van der Waals surface area contributed by atoms with Crippen molar-refractivity contribution >= 4 is 17.5 Å². The van der Waals surface area contributed by atoms with Crippen molar-refractivity contribution in [3.63, 3.8) is 0 Å². The Hall–Kier alpha value is -3.09. The minimum absolute atomic E-state index is 0.0233. The maximum Gasteiger partial charge on any atom is 0.411 e. The first-order chi connectivity index (χ1) is 13.7. The fourth-order valence-electron chi connectivity index (χ4n) is 2.97. The third kappa shape index (κ3) is 5.94. The summed E-state index contributed by atoms with van der Waals surface area (Å²) in [4.78, 5) is 22.6. The van der Waals surface area contributed by atoms with Crippen LogP contribution in [0.5, 0.6) is 5.75 Å². The summed E-state index contributed by atoms with van der Waals surface area (Å²) in [6, 6.07) is 10.7. The van der Waals surface area contributed by atoms with Crippen LogP contribution in [-0.2, 0) is 4.74 Å². The first-order valence-electron chi connectivity index (χ1n) is 9.65. The van der Waals surface area contributed by atoms with Crippen LogP contribution < -0.4 is 10.1 Å². The Morgan fingerprint density at radius 2 is 1.69 bits per heavy atom. The quantitative estimate of drug-likeness (QED) is 0.345. The number of benzene rings is 2. The van der Waals surface area contributed by atoms with Crippen molar-refractivity contribution in [1.82, 2.24) is 0 Å². The van der Waals surface area contributed by atoms with Gasteiger partial charge in [-0.1, -0.05) is 52.0 Å². The topological polar surface area (TPSA) is 90.7 Å². The van der Waals surface area contributed by atoms with Gasteiger partial charge in [-0.3, -0.25) is 15.4 Å². The maximum absolute atomic E-state index is 12.0. The van der Waals surface area contributed by atoms with Gasteiger partial charge in [-0.2, -0.15) is 0 Å². The minimum Gasteiger partial charge on any atom is -0.489 e. The van der Waals surface area contributed by atoms with Crippen LogP contribution in [0.2, 0.25) is 0 Å². The normalized spacial score (nSPS) is 10.9. The molecule has 0 aromatic heterocycles. The molecule has 0 saturated heterocycles. The third-order valence-corrected chi connectivity index (χ3v) is 4.47. The van der Waals surface area contributed by atoms with Crippen LogP contribution in [0.3, 0.4) is 0 Å². The monoisotopic (exact) mass is 400 g/mol. The molecule has 0 aliphatic heterocycles. The number of carbonyl (C=O) groups excluding carboxylic acids is 1. The van der Waals surface area contributed by atoms with Crippen LogP contribution in [0.4, 0.5) is 16.2 Å². The predicted octanol–water partition coefficient (Wildman–Crippen LogP) is 5.78. The summed E-state index contributed by atoms with van der Waals surface area (Å²) >= 11 is 0. The number of hydrogen-bond donors (Lipinski definition) is 1. The van der Waals surface area contributed by atoms with Crippen molar-refractivity contribution in [3.05, 3.63) is 63.2 Å². The molecule has 1 N–H and O–H groups in total. The van der Waals surface area contributed by atoms with Crippen LogP contribution in [-0.4, -0.2) is 24.2 Å². The van der Waals surface area contributed by atoms with Gasteiger partial charge in [0.1, 0.15) is 24.7 Å². The number of nitrogens with one attached hydrogen (secondary N) is 1. The van der Waals surface area contributed by atoms with Gasteiger partial charge in [-0.25, -0.2) is 4.79 Å². The van der Waals surface area contributed by atoms with Crippen LogP contribution in [0.15, 0.2) is 36.4 Å². The SMILES string of the molecule is Cc1ccc(NC(=O)OCCOc2c(C(C)C)cccc2C(C)C)c([N+](=O)[O-])c1. The summed E-state index contributed by atoms with van der Waals surface area (Å²) in [6.07, 6.45) is -0.762. The summed E-state index contributed by atoms with van der Waals surface area (Å²) in [5.41, 5.74) is 2.87. The molecule has 0 spiro atoms. The van der Waals surface area contributed by atoms with E-state index in [4.69, 9.17) is 9.47 Å². The van der Waals surface area contributed by atoms with Crippen LogP contribution in [0.25, 0.3) is 0 Å². The predicted molar refractivity (Wildman–Crippen MR) is 113 cm³/mol. The zero-order valence-corrected chi connectivity index (χ0v) is 17.5. The van der Waals surface area contributed by atoms with E-state index in [0.717, 1.165) is 22.4 Å². The Labute approximate surface area is 171 Å². The Balaban J connectivity index is 1.97. The van der Waals surface area contributed by atoms with E-state index in [1.165, 1.54) is 12.1 Å². The number of nitro benzene ring substituents is 1. The average molecular weight is 400 g/mol. The molecule has 2 rings (SSSR count). The van der Waals surface area contributed by atoms with Gasteiger partial charge in [0, 0.05) is 6.07 Å².